The molecule has 1 amide bonds. The predicted molar refractivity (Wildman–Crippen MR) is 82.9 cm³/mol. The third-order valence-corrected chi connectivity index (χ3v) is 3.41. The number of nitrogens with one attached hydrogen (secondary N) is 1. The number of aromatic nitrogens is 1. The number of hydrogen-bond acceptors (Lipinski definition) is 3. The number of Topliss-reactive ketones (excluding diaryl/α,β-unsaturated/α-hetero) is 1. The Kier molecular flexibility index (Phi) is 5.56. The summed E-state index contributed by atoms with van der Waals surface area (Å²) in [6.45, 7) is 0. The summed E-state index contributed by atoms with van der Waals surface area (Å²) in [5, 5.41) is 1.87. The fraction of sp³-hybridized carbons (Fsp3) is 0.188. The number of hydrogen-bond donors (Lipinski definition) is 1. The molecule has 126 valence electrons. The summed E-state index contributed by atoms with van der Waals surface area (Å²) >= 11 is 5.50. The molecule has 0 saturated heterocycles. The normalized spacial score (nSPS) is 11.2. The van der Waals surface area contributed by atoms with Crippen LogP contribution in [0, 0.1) is 0 Å². The molecule has 24 heavy (non-hydrogen) atoms. The van der Waals surface area contributed by atoms with Crippen LogP contribution in [0.25, 0.3) is 0 Å². The number of anilines is 1. The van der Waals surface area contributed by atoms with Crippen molar-refractivity contribution in [2.75, 3.05) is 5.32 Å². The average molecular weight is 357 g/mol. The first-order valence-corrected chi connectivity index (χ1v) is 7.26. The van der Waals surface area contributed by atoms with E-state index in [4.69, 9.17) is 11.6 Å². The first-order valence-electron chi connectivity index (χ1n) is 6.88. The van der Waals surface area contributed by atoms with Gasteiger partial charge in [-0.15, -0.1) is 0 Å². The van der Waals surface area contributed by atoms with Crippen LogP contribution in [-0.4, -0.2) is 16.7 Å². The van der Waals surface area contributed by atoms with Crippen molar-refractivity contribution >= 4 is 29.0 Å². The van der Waals surface area contributed by atoms with E-state index in [0.717, 1.165) is 12.1 Å². The molecule has 0 radical (unpaired) electrons. The third kappa shape index (κ3) is 4.79. The zero-order chi connectivity index (χ0) is 17.7. The highest BCUT2D eigenvalue weighted by Crippen LogP contribution is 2.36. The van der Waals surface area contributed by atoms with Gasteiger partial charge in [-0.2, -0.15) is 13.2 Å². The fourth-order valence-electron chi connectivity index (χ4n) is 1.93. The highest BCUT2D eigenvalue weighted by atomic mass is 35.5. The number of alkyl halides is 3. The Hall–Kier alpha value is -2.41. The lowest BCUT2D eigenvalue weighted by Crippen LogP contribution is -2.15. The van der Waals surface area contributed by atoms with E-state index >= 15 is 0 Å². The summed E-state index contributed by atoms with van der Waals surface area (Å²) in [5.74, 6) is -0.896. The molecule has 0 bridgehead atoms. The fourth-order valence-corrected chi connectivity index (χ4v) is 2.15. The summed E-state index contributed by atoms with van der Waals surface area (Å²) in [5.41, 5.74) is -0.843. The molecule has 0 saturated carbocycles. The molecule has 1 aromatic heterocycles. The number of carbonyl (C=O) groups is 2. The summed E-state index contributed by atoms with van der Waals surface area (Å²) in [6.07, 6.45) is -3.42. The number of rotatable bonds is 5. The summed E-state index contributed by atoms with van der Waals surface area (Å²) in [4.78, 5) is 27.5. The Morgan fingerprint density at radius 3 is 2.50 bits per heavy atom. The highest BCUT2D eigenvalue weighted by Gasteiger charge is 2.33. The van der Waals surface area contributed by atoms with Crippen molar-refractivity contribution in [2.45, 2.75) is 19.0 Å². The van der Waals surface area contributed by atoms with Crippen LogP contribution in [0.4, 0.5) is 18.9 Å². The minimum absolute atomic E-state index is 0.0398. The molecule has 0 aliphatic heterocycles. The van der Waals surface area contributed by atoms with Gasteiger partial charge in [0.1, 0.15) is 5.69 Å². The Morgan fingerprint density at radius 2 is 1.88 bits per heavy atom. The zero-order valence-corrected chi connectivity index (χ0v) is 13.0. The van der Waals surface area contributed by atoms with Crippen LogP contribution in [0.3, 0.4) is 0 Å². The van der Waals surface area contributed by atoms with Gasteiger partial charge in [-0.1, -0.05) is 17.7 Å². The standard InChI is InChI=1S/C16H12ClF3N2O2/c17-12-5-4-10(9-11(12)16(18,19)20)22-15(24)7-6-14(23)13-3-1-2-8-21-13/h1-5,8-9H,6-7H2,(H,22,24). The quantitative estimate of drug-likeness (QED) is 0.810. The Morgan fingerprint density at radius 1 is 1.12 bits per heavy atom. The van der Waals surface area contributed by atoms with E-state index in [1.807, 2.05) is 0 Å². The second kappa shape index (κ2) is 7.44. The lowest BCUT2D eigenvalue weighted by atomic mass is 10.1. The molecule has 1 aromatic carbocycles. The number of ketones is 1. The van der Waals surface area contributed by atoms with Crippen molar-refractivity contribution in [1.82, 2.24) is 4.98 Å². The number of pyridine rings is 1. The lowest BCUT2D eigenvalue weighted by Gasteiger charge is -2.11. The zero-order valence-electron chi connectivity index (χ0n) is 12.2. The molecular formula is C16H12ClF3N2O2. The van der Waals surface area contributed by atoms with E-state index in [0.29, 0.717) is 0 Å². The maximum absolute atomic E-state index is 12.8. The van der Waals surface area contributed by atoms with Crippen LogP contribution in [0.5, 0.6) is 0 Å². The second-order valence-corrected chi connectivity index (χ2v) is 5.29. The second-order valence-electron chi connectivity index (χ2n) is 4.88. The largest absolute Gasteiger partial charge is 0.417 e. The van der Waals surface area contributed by atoms with Crippen molar-refractivity contribution < 1.29 is 22.8 Å². The number of amides is 1. The van der Waals surface area contributed by atoms with Crippen molar-refractivity contribution in [3.63, 3.8) is 0 Å². The van der Waals surface area contributed by atoms with Gasteiger partial charge in [-0.25, -0.2) is 0 Å². The van der Waals surface area contributed by atoms with E-state index in [-0.39, 0.29) is 30.0 Å². The SMILES string of the molecule is O=C(CCC(=O)c1ccccn1)Nc1ccc(Cl)c(C(F)(F)F)c1. The molecule has 0 atom stereocenters. The van der Waals surface area contributed by atoms with Crippen molar-refractivity contribution in [1.29, 1.82) is 0 Å². The third-order valence-electron chi connectivity index (χ3n) is 3.09. The number of benzene rings is 1. The van der Waals surface area contributed by atoms with Gasteiger partial charge in [0.2, 0.25) is 5.91 Å². The van der Waals surface area contributed by atoms with Crippen molar-refractivity contribution in [3.8, 4) is 0 Å². The summed E-state index contributed by atoms with van der Waals surface area (Å²) < 4.78 is 38.3. The molecule has 0 unspecified atom stereocenters. The van der Waals surface area contributed by atoms with Gasteiger partial charge in [0.05, 0.1) is 10.6 Å². The number of carbonyl (C=O) groups excluding carboxylic acids is 2. The number of nitrogens with zero attached hydrogens (tertiary/aromatic N) is 1. The van der Waals surface area contributed by atoms with Gasteiger partial charge < -0.3 is 5.32 Å². The van der Waals surface area contributed by atoms with Gasteiger partial charge in [0.15, 0.2) is 5.78 Å². The van der Waals surface area contributed by atoms with Crippen LogP contribution in [0.2, 0.25) is 5.02 Å². The molecule has 0 spiro atoms. The Labute approximate surface area is 140 Å². The molecule has 2 aromatic rings. The van der Waals surface area contributed by atoms with Gasteiger partial charge in [0.25, 0.3) is 0 Å². The predicted octanol–water partition coefficient (Wildman–Crippen LogP) is 4.36. The van der Waals surface area contributed by atoms with E-state index in [9.17, 15) is 22.8 Å². The van der Waals surface area contributed by atoms with Crippen LogP contribution < -0.4 is 5.32 Å². The molecule has 1 heterocycles. The monoisotopic (exact) mass is 356 g/mol. The van der Waals surface area contributed by atoms with Gasteiger partial charge in [0, 0.05) is 24.7 Å². The first kappa shape index (κ1) is 17.9. The first-order chi connectivity index (χ1) is 11.3. The van der Waals surface area contributed by atoms with E-state index in [2.05, 4.69) is 10.3 Å². The molecule has 0 aliphatic rings. The van der Waals surface area contributed by atoms with Crippen molar-refractivity contribution in [2.24, 2.45) is 0 Å². The smallest absolute Gasteiger partial charge is 0.326 e. The Bertz CT molecular complexity index is 749. The molecule has 4 nitrogen and oxygen atoms in total. The molecule has 1 N–H and O–H groups in total. The van der Waals surface area contributed by atoms with Gasteiger partial charge in [-0.05, 0) is 30.3 Å². The van der Waals surface area contributed by atoms with Crippen LogP contribution in [0.15, 0.2) is 42.6 Å². The Balaban J connectivity index is 1.97. The molecular weight excluding hydrogens is 345 g/mol. The number of halogens is 4. The van der Waals surface area contributed by atoms with E-state index < -0.39 is 22.7 Å². The van der Waals surface area contributed by atoms with E-state index in [1.54, 1.807) is 12.1 Å². The maximum atomic E-state index is 12.8. The van der Waals surface area contributed by atoms with Crippen molar-refractivity contribution in [3.05, 3.63) is 58.9 Å². The molecule has 0 fully saturated rings. The topological polar surface area (TPSA) is 59.1 Å². The molecule has 8 heteroatoms. The average Bonchev–Trinajstić information content (AvgIpc) is 2.54. The molecule has 0 aliphatic carbocycles. The van der Waals surface area contributed by atoms with Crippen LogP contribution in [-0.2, 0) is 11.0 Å². The highest BCUT2D eigenvalue weighted by molar-refractivity contribution is 6.31. The van der Waals surface area contributed by atoms with E-state index in [1.165, 1.54) is 18.3 Å². The van der Waals surface area contributed by atoms with Gasteiger partial charge in [-0.3, -0.25) is 14.6 Å². The minimum Gasteiger partial charge on any atom is -0.326 e. The van der Waals surface area contributed by atoms with Crippen LogP contribution in [0.1, 0.15) is 28.9 Å². The molecule has 2 rings (SSSR count). The van der Waals surface area contributed by atoms with Gasteiger partial charge >= 0.3 is 6.18 Å². The maximum Gasteiger partial charge on any atom is 0.417 e. The lowest BCUT2D eigenvalue weighted by molar-refractivity contribution is -0.137. The minimum atomic E-state index is -4.62. The van der Waals surface area contributed by atoms with Crippen LogP contribution >= 0.6 is 11.6 Å². The summed E-state index contributed by atoms with van der Waals surface area (Å²) in [6, 6.07) is 7.89. The summed E-state index contributed by atoms with van der Waals surface area (Å²) in [7, 11) is 0.